The van der Waals surface area contributed by atoms with E-state index < -0.39 is 39.6 Å². The van der Waals surface area contributed by atoms with E-state index in [2.05, 4.69) is 18.3 Å². The number of carbonyl (C=O) groups is 3. The number of aliphatic carboxylic acids is 1. The highest BCUT2D eigenvalue weighted by atomic mass is 32.3. The lowest BCUT2D eigenvalue weighted by molar-refractivity contribution is -0.139. The molecule has 206 valence electrons. The van der Waals surface area contributed by atoms with E-state index in [1.54, 1.807) is 23.7 Å². The minimum absolute atomic E-state index is 0.00926. The highest BCUT2D eigenvalue weighted by Gasteiger charge is 2.41. The van der Waals surface area contributed by atoms with E-state index in [-0.39, 0.29) is 29.0 Å². The van der Waals surface area contributed by atoms with Gasteiger partial charge in [-0.3, -0.25) is 9.59 Å². The Labute approximate surface area is 223 Å². The van der Waals surface area contributed by atoms with Crippen LogP contribution in [-0.2, 0) is 22.4 Å². The van der Waals surface area contributed by atoms with Gasteiger partial charge in [0.05, 0.1) is 11.3 Å². The highest BCUT2D eigenvalue weighted by molar-refractivity contribution is 8.32. The van der Waals surface area contributed by atoms with Gasteiger partial charge in [0.1, 0.15) is 17.7 Å². The molecule has 38 heavy (non-hydrogen) atoms. The van der Waals surface area contributed by atoms with E-state index in [9.17, 15) is 23.2 Å². The molecule has 1 fully saturated rings. The van der Waals surface area contributed by atoms with E-state index in [1.165, 1.54) is 4.90 Å². The van der Waals surface area contributed by atoms with Crippen molar-refractivity contribution in [2.45, 2.75) is 43.5 Å². The normalized spacial score (nSPS) is 18.0. The van der Waals surface area contributed by atoms with Gasteiger partial charge in [0.15, 0.2) is 0 Å². The van der Waals surface area contributed by atoms with Gasteiger partial charge in [-0.25, -0.2) is 23.6 Å². The summed E-state index contributed by atoms with van der Waals surface area (Å²) in [7, 11) is -1.67. The SMILES string of the molecule is CCCc1ccc2c(c1)CCN(C(=O)N1CC(CC(=O)O)C1)[C@H]2C(=O)Nc1cc(F)c(S(C)(C)C)c(F)c1. The van der Waals surface area contributed by atoms with Gasteiger partial charge < -0.3 is 20.2 Å². The Morgan fingerprint density at radius 1 is 1.08 bits per heavy atom. The first-order valence-electron chi connectivity index (χ1n) is 12.8. The molecule has 0 spiro atoms. The lowest BCUT2D eigenvalue weighted by atomic mass is 9.89. The maximum atomic E-state index is 14.9. The number of halogens is 2. The van der Waals surface area contributed by atoms with Gasteiger partial charge in [-0.05, 0) is 60.4 Å². The number of fused-ring (bicyclic) bond motifs is 1. The van der Waals surface area contributed by atoms with Crippen molar-refractivity contribution < 1.29 is 28.3 Å². The molecular formula is C28H35F2N3O4S. The summed E-state index contributed by atoms with van der Waals surface area (Å²) in [6, 6.07) is 6.79. The number of carbonyl (C=O) groups excluding carboxylic acids is 2. The number of hydrogen-bond donors (Lipinski definition) is 2. The average molecular weight is 548 g/mol. The molecule has 0 radical (unpaired) electrons. The number of hydrogen-bond acceptors (Lipinski definition) is 3. The van der Waals surface area contributed by atoms with Gasteiger partial charge in [0, 0.05) is 31.2 Å². The molecule has 0 aliphatic carbocycles. The number of nitrogens with zero attached hydrogens (tertiary/aromatic N) is 2. The molecule has 0 aromatic heterocycles. The number of rotatable bonds is 7. The summed E-state index contributed by atoms with van der Waals surface area (Å²) in [5.41, 5.74) is 2.79. The molecule has 2 N–H and O–H groups in total. The Balaban J connectivity index is 1.63. The number of benzene rings is 2. The molecule has 2 aromatic rings. The van der Waals surface area contributed by atoms with Crippen molar-refractivity contribution in [1.82, 2.24) is 9.80 Å². The van der Waals surface area contributed by atoms with Crippen LogP contribution in [0.25, 0.3) is 0 Å². The lowest BCUT2D eigenvalue weighted by Crippen LogP contribution is -2.58. The smallest absolute Gasteiger partial charge is 0.320 e. The second kappa shape index (κ2) is 10.9. The zero-order chi connectivity index (χ0) is 27.8. The Bertz CT molecular complexity index is 1230. The van der Waals surface area contributed by atoms with E-state index in [4.69, 9.17) is 5.11 Å². The maximum absolute atomic E-state index is 14.9. The summed E-state index contributed by atoms with van der Waals surface area (Å²) in [6.07, 6.45) is 7.80. The molecule has 1 atom stereocenters. The van der Waals surface area contributed by atoms with Crippen molar-refractivity contribution in [3.05, 3.63) is 58.7 Å². The van der Waals surface area contributed by atoms with Gasteiger partial charge in [-0.2, -0.15) is 0 Å². The second-order valence-electron chi connectivity index (χ2n) is 10.9. The Hall–Kier alpha value is -3.14. The molecule has 3 amide bonds. The van der Waals surface area contributed by atoms with Gasteiger partial charge >= 0.3 is 12.0 Å². The lowest BCUT2D eigenvalue weighted by Gasteiger charge is -2.45. The summed E-state index contributed by atoms with van der Waals surface area (Å²) in [6.45, 7) is 3.01. The van der Waals surface area contributed by atoms with Crippen molar-refractivity contribution in [2.24, 2.45) is 5.92 Å². The van der Waals surface area contributed by atoms with Crippen molar-refractivity contribution >= 4 is 33.6 Å². The topological polar surface area (TPSA) is 90.0 Å². The zero-order valence-corrected chi connectivity index (χ0v) is 23.0. The van der Waals surface area contributed by atoms with Crippen LogP contribution in [0.4, 0.5) is 19.3 Å². The number of carboxylic acids is 1. The van der Waals surface area contributed by atoms with Crippen LogP contribution in [0, 0.1) is 17.6 Å². The highest BCUT2D eigenvalue weighted by Crippen LogP contribution is 2.48. The fourth-order valence-corrected chi connectivity index (χ4v) is 6.61. The van der Waals surface area contributed by atoms with Gasteiger partial charge in [-0.1, -0.05) is 31.5 Å². The predicted molar refractivity (Wildman–Crippen MR) is 145 cm³/mol. The van der Waals surface area contributed by atoms with Crippen LogP contribution < -0.4 is 5.32 Å². The number of nitrogens with one attached hydrogen (secondary N) is 1. The number of anilines is 1. The van der Waals surface area contributed by atoms with Crippen LogP contribution in [0.5, 0.6) is 0 Å². The van der Waals surface area contributed by atoms with Gasteiger partial charge in [0.2, 0.25) is 0 Å². The minimum Gasteiger partial charge on any atom is -0.481 e. The molecule has 2 aromatic carbocycles. The quantitative estimate of drug-likeness (QED) is 0.509. The summed E-state index contributed by atoms with van der Waals surface area (Å²) in [5, 5.41) is 11.7. The molecule has 2 heterocycles. The van der Waals surface area contributed by atoms with Gasteiger partial charge in [-0.15, -0.1) is 0 Å². The Morgan fingerprint density at radius 3 is 2.32 bits per heavy atom. The number of carboxylic acid groups (broad SMARTS) is 1. The van der Waals surface area contributed by atoms with Crippen molar-refractivity contribution in [1.29, 1.82) is 0 Å². The van der Waals surface area contributed by atoms with Crippen LogP contribution in [0.15, 0.2) is 35.2 Å². The summed E-state index contributed by atoms with van der Waals surface area (Å²) >= 11 is 0. The number of likely N-dealkylation sites (tertiary alicyclic amines) is 1. The molecule has 0 unspecified atom stereocenters. The first kappa shape index (κ1) is 27.9. The second-order valence-corrected chi connectivity index (χ2v) is 15.0. The monoisotopic (exact) mass is 547 g/mol. The molecule has 4 rings (SSSR count). The first-order chi connectivity index (χ1) is 17.9. The molecular weight excluding hydrogens is 512 g/mol. The van der Waals surface area contributed by atoms with Crippen molar-refractivity contribution in [2.75, 3.05) is 43.7 Å². The van der Waals surface area contributed by atoms with Gasteiger partial charge in [0.25, 0.3) is 5.91 Å². The largest absolute Gasteiger partial charge is 0.481 e. The number of aryl methyl sites for hydroxylation is 1. The standard InChI is InChI=1S/C28H35F2N3O4S/c1-5-6-17-7-8-21-19(11-17)9-10-33(28(37)32-15-18(16-32)12-24(34)35)25(21)27(36)31-20-13-22(29)26(23(30)14-20)38(2,3)4/h7-8,11,13-14,18,25H,5-6,9-10,12,15-16H2,1-4H3,(H,31,36)(H,34,35)/t25-/m1/s1. The Morgan fingerprint density at radius 2 is 1.74 bits per heavy atom. The van der Waals surface area contributed by atoms with E-state index in [0.717, 1.165) is 36.1 Å². The Kier molecular flexibility index (Phi) is 8.01. The van der Waals surface area contributed by atoms with Crippen LogP contribution >= 0.6 is 10.0 Å². The number of amides is 3. The fourth-order valence-electron chi connectivity index (χ4n) is 5.32. The summed E-state index contributed by atoms with van der Waals surface area (Å²) < 4.78 is 29.7. The van der Waals surface area contributed by atoms with Crippen LogP contribution in [0.3, 0.4) is 0 Å². The third-order valence-corrected chi connectivity index (χ3v) is 8.65. The molecule has 10 heteroatoms. The molecule has 2 aliphatic rings. The molecule has 0 saturated carbocycles. The molecule has 2 aliphatic heterocycles. The number of urea groups is 1. The zero-order valence-electron chi connectivity index (χ0n) is 22.2. The van der Waals surface area contributed by atoms with Crippen molar-refractivity contribution in [3.8, 4) is 0 Å². The minimum atomic E-state index is -1.67. The third kappa shape index (κ3) is 5.80. The van der Waals surface area contributed by atoms with Crippen molar-refractivity contribution in [3.63, 3.8) is 0 Å². The van der Waals surface area contributed by atoms with Crippen LogP contribution in [0.1, 0.15) is 42.5 Å². The maximum Gasteiger partial charge on any atom is 0.320 e. The van der Waals surface area contributed by atoms with E-state index in [1.807, 2.05) is 12.1 Å². The summed E-state index contributed by atoms with van der Waals surface area (Å²) in [5.74, 6) is -3.01. The fraction of sp³-hybridized carbons (Fsp3) is 0.464. The van der Waals surface area contributed by atoms with Crippen LogP contribution in [0.2, 0.25) is 0 Å². The van der Waals surface area contributed by atoms with E-state index >= 15 is 0 Å². The van der Waals surface area contributed by atoms with Crippen LogP contribution in [-0.4, -0.2) is 71.2 Å². The molecule has 0 bridgehead atoms. The summed E-state index contributed by atoms with van der Waals surface area (Å²) in [4.78, 5) is 41.1. The average Bonchev–Trinajstić information content (AvgIpc) is 2.78. The molecule has 1 saturated heterocycles. The predicted octanol–water partition coefficient (Wildman–Crippen LogP) is 5.03. The molecule has 7 nitrogen and oxygen atoms in total. The third-order valence-electron chi connectivity index (χ3n) is 7.04. The van der Waals surface area contributed by atoms with E-state index in [0.29, 0.717) is 31.6 Å². The first-order valence-corrected chi connectivity index (χ1v) is 15.6.